The average Bonchev–Trinajstić information content (AvgIpc) is 2.64. The van der Waals surface area contributed by atoms with E-state index in [-0.39, 0.29) is 5.91 Å². The van der Waals surface area contributed by atoms with Crippen molar-refractivity contribution in [1.82, 2.24) is 0 Å². The van der Waals surface area contributed by atoms with Crippen LogP contribution >= 0.6 is 0 Å². The van der Waals surface area contributed by atoms with Crippen LogP contribution in [0, 0.1) is 13.8 Å². The highest BCUT2D eigenvalue weighted by Gasteiger charge is 2.32. The molecule has 3 rings (SSSR count). The standard InChI is InChI=1S/C23H26N2O3S/c1-5-22(25(29(4,27)28)19-14-16(2)13-17(3)15-19)23(26)24-21-12-8-10-18-9-6-7-11-20(18)21/h6-15,22H,5H2,1-4H3,(H,24,26). The molecule has 1 amide bonds. The molecule has 0 spiro atoms. The first-order chi connectivity index (χ1) is 13.7. The molecule has 0 radical (unpaired) electrons. The Morgan fingerprint density at radius 3 is 2.24 bits per heavy atom. The first-order valence-corrected chi connectivity index (χ1v) is 11.4. The zero-order valence-electron chi connectivity index (χ0n) is 17.1. The zero-order chi connectivity index (χ0) is 21.2. The highest BCUT2D eigenvalue weighted by atomic mass is 32.2. The van der Waals surface area contributed by atoms with Gasteiger partial charge in [0.1, 0.15) is 6.04 Å². The molecule has 0 aliphatic rings. The first-order valence-electron chi connectivity index (χ1n) is 9.57. The van der Waals surface area contributed by atoms with Crippen LogP contribution in [0.3, 0.4) is 0 Å². The maximum Gasteiger partial charge on any atom is 0.248 e. The smallest absolute Gasteiger partial charge is 0.248 e. The van der Waals surface area contributed by atoms with E-state index in [2.05, 4.69) is 5.32 Å². The predicted octanol–water partition coefficient (Wildman–Crippen LogP) is 4.64. The van der Waals surface area contributed by atoms with Crippen LogP contribution in [0.15, 0.2) is 60.7 Å². The third kappa shape index (κ3) is 4.59. The summed E-state index contributed by atoms with van der Waals surface area (Å²) in [4.78, 5) is 13.2. The molecule has 0 saturated heterocycles. The highest BCUT2D eigenvalue weighted by molar-refractivity contribution is 7.92. The Labute approximate surface area is 172 Å². The minimum absolute atomic E-state index is 0.344. The largest absolute Gasteiger partial charge is 0.324 e. The minimum Gasteiger partial charge on any atom is -0.324 e. The molecule has 0 saturated carbocycles. The van der Waals surface area contributed by atoms with E-state index in [1.807, 2.05) is 69.3 Å². The van der Waals surface area contributed by atoms with Crippen LogP contribution < -0.4 is 9.62 Å². The summed E-state index contributed by atoms with van der Waals surface area (Å²) >= 11 is 0. The predicted molar refractivity (Wildman–Crippen MR) is 120 cm³/mol. The van der Waals surface area contributed by atoms with Crippen LogP contribution in [0.1, 0.15) is 24.5 Å². The zero-order valence-corrected chi connectivity index (χ0v) is 18.0. The van der Waals surface area contributed by atoms with Gasteiger partial charge >= 0.3 is 0 Å². The van der Waals surface area contributed by atoms with Crippen LogP contribution in [-0.2, 0) is 14.8 Å². The second-order valence-corrected chi connectivity index (χ2v) is 9.20. The molecule has 152 valence electrons. The number of nitrogens with one attached hydrogen (secondary N) is 1. The van der Waals surface area contributed by atoms with E-state index in [1.165, 1.54) is 4.31 Å². The highest BCUT2D eigenvalue weighted by Crippen LogP contribution is 2.27. The Morgan fingerprint density at radius 1 is 1.00 bits per heavy atom. The van der Waals surface area contributed by atoms with Crippen molar-refractivity contribution in [2.24, 2.45) is 0 Å². The molecule has 3 aromatic rings. The fourth-order valence-electron chi connectivity index (χ4n) is 3.69. The van der Waals surface area contributed by atoms with Crippen molar-refractivity contribution < 1.29 is 13.2 Å². The van der Waals surface area contributed by atoms with Crippen LogP contribution in [0.5, 0.6) is 0 Å². The summed E-state index contributed by atoms with van der Waals surface area (Å²) in [5, 5.41) is 4.86. The van der Waals surface area contributed by atoms with E-state index < -0.39 is 16.1 Å². The van der Waals surface area contributed by atoms with Crippen LogP contribution in [0.4, 0.5) is 11.4 Å². The second-order valence-electron chi connectivity index (χ2n) is 7.34. The van der Waals surface area contributed by atoms with Crippen molar-refractivity contribution in [3.63, 3.8) is 0 Å². The van der Waals surface area contributed by atoms with Gasteiger partial charge in [-0.15, -0.1) is 0 Å². The van der Waals surface area contributed by atoms with Crippen molar-refractivity contribution in [3.05, 3.63) is 71.8 Å². The molecular formula is C23H26N2O3S. The quantitative estimate of drug-likeness (QED) is 0.644. The minimum atomic E-state index is -3.67. The third-order valence-corrected chi connectivity index (χ3v) is 6.02. The molecule has 1 N–H and O–H groups in total. The second kappa shape index (κ2) is 8.25. The maximum absolute atomic E-state index is 13.2. The molecule has 29 heavy (non-hydrogen) atoms. The number of amides is 1. The summed E-state index contributed by atoms with van der Waals surface area (Å²) in [7, 11) is -3.67. The fourth-order valence-corrected chi connectivity index (χ4v) is 4.88. The molecule has 1 unspecified atom stereocenters. The van der Waals surface area contributed by atoms with Gasteiger partial charge in [-0.3, -0.25) is 9.10 Å². The van der Waals surface area contributed by atoms with Gasteiger partial charge in [-0.2, -0.15) is 0 Å². The molecule has 0 heterocycles. The van der Waals surface area contributed by atoms with Gasteiger partial charge in [-0.1, -0.05) is 49.4 Å². The van der Waals surface area contributed by atoms with Gasteiger partial charge in [-0.25, -0.2) is 8.42 Å². The number of nitrogens with zero attached hydrogens (tertiary/aromatic N) is 1. The van der Waals surface area contributed by atoms with E-state index in [0.29, 0.717) is 17.8 Å². The molecule has 6 heteroatoms. The summed E-state index contributed by atoms with van der Waals surface area (Å²) in [6, 6.07) is 18.1. The maximum atomic E-state index is 13.2. The van der Waals surface area contributed by atoms with Crippen molar-refractivity contribution in [1.29, 1.82) is 0 Å². The van der Waals surface area contributed by atoms with Gasteiger partial charge in [0.2, 0.25) is 15.9 Å². The lowest BCUT2D eigenvalue weighted by Crippen LogP contribution is -2.47. The van der Waals surface area contributed by atoms with Gasteiger partial charge < -0.3 is 5.32 Å². The van der Waals surface area contributed by atoms with Crippen LogP contribution in [-0.4, -0.2) is 26.6 Å². The number of rotatable bonds is 6. The van der Waals surface area contributed by atoms with Crippen molar-refractivity contribution in [2.45, 2.75) is 33.2 Å². The molecular weight excluding hydrogens is 384 g/mol. The Hall–Kier alpha value is -2.86. The van der Waals surface area contributed by atoms with E-state index in [4.69, 9.17) is 0 Å². The van der Waals surface area contributed by atoms with E-state index in [1.54, 1.807) is 12.1 Å². The van der Waals surface area contributed by atoms with Crippen LogP contribution in [0.25, 0.3) is 10.8 Å². The topological polar surface area (TPSA) is 66.5 Å². The molecule has 0 aromatic heterocycles. The summed E-state index contributed by atoms with van der Waals surface area (Å²) in [5.41, 5.74) is 3.06. The lowest BCUT2D eigenvalue weighted by atomic mass is 10.1. The molecule has 0 aliphatic heterocycles. The Kier molecular flexibility index (Phi) is 5.94. The Bertz CT molecular complexity index is 1130. The number of carbonyl (C=O) groups is 1. The number of carbonyl (C=O) groups excluding carboxylic acids is 1. The number of aryl methyl sites for hydroxylation is 2. The summed E-state index contributed by atoms with van der Waals surface area (Å²) in [5.74, 6) is -0.353. The lowest BCUT2D eigenvalue weighted by molar-refractivity contribution is -0.117. The molecule has 1 atom stereocenters. The van der Waals surface area contributed by atoms with Crippen molar-refractivity contribution in [3.8, 4) is 0 Å². The average molecular weight is 411 g/mol. The number of benzene rings is 3. The molecule has 0 aliphatic carbocycles. The normalized spacial score (nSPS) is 12.6. The van der Waals surface area contributed by atoms with Gasteiger partial charge in [0.05, 0.1) is 11.9 Å². The molecule has 3 aromatic carbocycles. The number of anilines is 2. The summed E-state index contributed by atoms with van der Waals surface area (Å²) in [6.45, 7) is 5.64. The van der Waals surface area contributed by atoms with E-state index in [0.717, 1.165) is 28.2 Å². The van der Waals surface area contributed by atoms with E-state index in [9.17, 15) is 13.2 Å². The van der Waals surface area contributed by atoms with Crippen LogP contribution in [0.2, 0.25) is 0 Å². The Balaban J connectivity index is 2.01. The number of fused-ring (bicyclic) bond motifs is 1. The van der Waals surface area contributed by atoms with Gasteiger partial charge in [0, 0.05) is 11.1 Å². The SMILES string of the molecule is CCC(C(=O)Nc1cccc2ccccc12)N(c1cc(C)cc(C)c1)S(C)(=O)=O. The molecule has 0 fully saturated rings. The van der Waals surface area contributed by atoms with Gasteiger partial charge in [0.25, 0.3) is 0 Å². The van der Waals surface area contributed by atoms with Gasteiger partial charge in [0.15, 0.2) is 0 Å². The first kappa shape index (κ1) is 20.9. The number of hydrogen-bond acceptors (Lipinski definition) is 3. The Morgan fingerprint density at radius 2 is 1.62 bits per heavy atom. The fraction of sp³-hybridized carbons (Fsp3) is 0.261. The monoisotopic (exact) mass is 410 g/mol. The van der Waals surface area contributed by atoms with Gasteiger partial charge in [-0.05, 0) is 55.0 Å². The molecule has 5 nitrogen and oxygen atoms in total. The summed E-state index contributed by atoms with van der Waals surface area (Å²) in [6.07, 6.45) is 1.48. The molecule has 0 bridgehead atoms. The third-order valence-electron chi connectivity index (χ3n) is 4.84. The number of sulfonamides is 1. The summed E-state index contributed by atoms with van der Waals surface area (Å²) < 4.78 is 26.6. The number of hydrogen-bond donors (Lipinski definition) is 1. The van der Waals surface area contributed by atoms with Crippen molar-refractivity contribution in [2.75, 3.05) is 15.9 Å². The van der Waals surface area contributed by atoms with Crippen molar-refractivity contribution >= 4 is 38.1 Å². The van der Waals surface area contributed by atoms with E-state index >= 15 is 0 Å². The lowest BCUT2D eigenvalue weighted by Gasteiger charge is -2.30.